The molecule has 1 saturated carbocycles. The number of Topliss-reactive ketones (excluding diaryl/α,β-unsaturated/α-hetero) is 1. The van der Waals surface area contributed by atoms with Gasteiger partial charge in [-0.2, -0.15) is 0 Å². The number of piperazine rings is 1. The maximum Gasteiger partial charge on any atom is 0.404 e. The molecule has 3 heterocycles. The predicted molar refractivity (Wildman–Crippen MR) is 170 cm³/mol. The summed E-state index contributed by atoms with van der Waals surface area (Å²) < 4.78 is 5.78. The monoisotopic (exact) mass is 639 g/mol. The molecule has 1 aromatic rings. The van der Waals surface area contributed by atoms with Gasteiger partial charge in [0.15, 0.2) is 0 Å². The van der Waals surface area contributed by atoms with Crippen molar-refractivity contribution < 1.29 is 33.8 Å². The molecule has 12 nitrogen and oxygen atoms in total. The number of nitrogens with zero attached hydrogens (tertiary/aromatic N) is 2. The van der Waals surface area contributed by atoms with Gasteiger partial charge < -0.3 is 30.7 Å². The molecule has 5 rings (SSSR count). The third kappa shape index (κ3) is 7.48. The number of hydrogen-bond donors (Lipinski definition) is 4. The minimum absolute atomic E-state index is 0.0851. The van der Waals surface area contributed by atoms with E-state index in [1.54, 1.807) is 11.8 Å². The Morgan fingerprint density at radius 1 is 1.00 bits per heavy atom. The standard InChI is InChI=1S/C34H49N5O7/c1-20(29(34(2,3)4)37-33(44)45)30(41)36-28(21-10-6-5-7-11-21)32(43)39-17-22-16-23(40)18-38(22)19-26(39)31(42)35-25-14-15-46-27-13-9-8-12-24(25)27/h8-9,12-13,20-22,25-26,28-29,37H,5-7,10-11,14-19H2,1-4H3,(H,35,42)(H,36,41)(H,44,45)/t20-,22+,25+,26-,28-,29?/m0/s1. The fraction of sp³-hybridized carbons (Fsp3) is 0.676. The van der Waals surface area contributed by atoms with Gasteiger partial charge >= 0.3 is 6.09 Å². The van der Waals surface area contributed by atoms with E-state index in [0.29, 0.717) is 19.4 Å². The van der Waals surface area contributed by atoms with Crippen molar-refractivity contribution in [1.29, 1.82) is 0 Å². The Balaban J connectivity index is 1.41. The number of para-hydroxylation sites is 1. The largest absolute Gasteiger partial charge is 0.493 e. The van der Waals surface area contributed by atoms with E-state index >= 15 is 0 Å². The molecule has 1 aromatic carbocycles. The summed E-state index contributed by atoms with van der Waals surface area (Å²) in [4.78, 5) is 70.3. The molecule has 12 heteroatoms. The molecule has 6 atom stereocenters. The molecular formula is C34H49N5O7. The summed E-state index contributed by atoms with van der Waals surface area (Å²) in [5.41, 5.74) is 0.325. The van der Waals surface area contributed by atoms with E-state index in [0.717, 1.165) is 43.4 Å². The van der Waals surface area contributed by atoms with E-state index in [1.165, 1.54) is 0 Å². The third-order valence-electron chi connectivity index (χ3n) is 10.2. The Morgan fingerprint density at radius 3 is 2.41 bits per heavy atom. The van der Waals surface area contributed by atoms with Crippen molar-refractivity contribution in [2.24, 2.45) is 17.3 Å². The molecule has 4 aliphatic rings. The highest BCUT2D eigenvalue weighted by atomic mass is 16.5. The maximum atomic E-state index is 14.7. The van der Waals surface area contributed by atoms with Crippen LogP contribution < -0.4 is 20.7 Å². The van der Waals surface area contributed by atoms with Crippen LogP contribution in [0.15, 0.2) is 24.3 Å². The second-order valence-corrected chi connectivity index (χ2v) is 14.5. The molecule has 0 bridgehead atoms. The molecule has 2 saturated heterocycles. The lowest BCUT2D eigenvalue weighted by atomic mass is 9.78. The summed E-state index contributed by atoms with van der Waals surface area (Å²) in [6, 6.07) is 4.71. The molecule has 4 N–H and O–H groups in total. The third-order valence-corrected chi connectivity index (χ3v) is 10.2. The highest BCUT2D eigenvalue weighted by Crippen LogP contribution is 2.34. The number of carbonyl (C=O) groups excluding carboxylic acids is 4. The first-order valence-electron chi connectivity index (χ1n) is 16.7. The van der Waals surface area contributed by atoms with Gasteiger partial charge in [0.1, 0.15) is 23.6 Å². The fourth-order valence-electron chi connectivity index (χ4n) is 7.80. The Hall–Kier alpha value is -3.67. The van der Waals surface area contributed by atoms with Crippen LogP contribution in [0.5, 0.6) is 5.75 Å². The van der Waals surface area contributed by atoms with Crippen molar-refractivity contribution in [2.45, 2.75) is 103 Å². The van der Waals surface area contributed by atoms with Gasteiger partial charge in [0.25, 0.3) is 0 Å². The number of fused-ring (bicyclic) bond motifs is 2. The summed E-state index contributed by atoms with van der Waals surface area (Å²) >= 11 is 0. The zero-order valence-electron chi connectivity index (χ0n) is 27.4. The lowest BCUT2D eigenvalue weighted by Gasteiger charge is -2.45. The van der Waals surface area contributed by atoms with E-state index in [2.05, 4.69) is 16.0 Å². The Kier molecular flexibility index (Phi) is 10.2. The van der Waals surface area contributed by atoms with Crippen LogP contribution in [0.2, 0.25) is 0 Å². The molecule has 3 aliphatic heterocycles. The fourth-order valence-corrected chi connectivity index (χ4v) is 7.80. The highest BCUT2D eigenvalue weighted by molar-refractivity contribution is 5.94. The van der Waals surface area contributed by atoms with Gasteiger partial charge in [-0.1, -0.05) is 65.2 Å². The molecule has 1 aliphatic carbocycles. The van der Waals surface area contributed by atoms with Crippen molar-refractivity contribution >= 4 is 29.6 Å². The molecule has 3 fully saturated rings. The lowest BCUT2D eigenvalue weighted by molar-refractivity contribution is -0.150. The van der Waals surface area contributed by atoms with Crippen LogP contribution in [-0.2, 0) is 19.2 Å². The van der Waals surface area contributed by atoms with Gasteiger partial charge in [0, 0.05) is 43.6 Å². The van der Waals surface area contributed by atoms with E-state index in [1.807, 2.05) is 49.9 Å². The van der Waals surface area contributed by atoms with Gasteiger partial charge in [0.05, 0.1) is 25.1 Å². The van der Waals surface area contributed by atoms with Crippen LogP contribution in [0.3, 0.4) is 0 Å². The number of benzene rings is 1. The molecule has 0 radical (unpaired) electrons. The Morgan fingerprint density at radius 2 is 1.72 bits per heavy atom. The normalized spacial score (nSPS) is 25.7. The zero-order valence-corrected chi connectivity index (χ0v) is 27.4. The summed E-state index contributed by atoms with van der Waals surface area (Å²) in [5.74, 6) is -1.10. The van der Waals surface area contributed by atoms with E-state index in [9.17, 15) is 29.1 Å². The topological polar surface area (TPSA) is 157 Å². The van der Waals surface area contributed by atoms with Crippen LogP contribution in [0, 0.1) is 17.3 Å². The summed E-state index contributed by atoms with van der Waals surface area (Å²) in [6.07, 6.45) is 4.13. The highest BCUT2D eigenvalue weighted by Gasteiger charge is 2.47. The Labute approximate surface area is 271 Å². The minimum atomic E-state index is -1.22. The molecule has 252 valence electrons. The van der Waals surface area contributed by atoms with Crippen molar-refractivity contribution in [1.82, 2.24) is 25.8 Å². The van der Waals surface area contributed by atoms with Crippen molar-refractivity contribution in [3.05, 3.63) is 29.8 Å². The summed E-state index contributed by atoms with van der Waals surface area (Å²) in [5, 5.41) is 18.2. The van der Waals surface area contributed by atoms with E-state index in [-0.39, 0.29) is 55.2 Å². The quantitative estimate of drug-likeness (QED) is 0.338. The molecule has 1 unspecified atom stereocenters. The van der Waals surface area contributed by atoms with Crippen molar-refractivity contribution in [3.8, 4) is 5.75 Å². The Bertz CT molecular complexity index is 1320. The van der Waals surface area contributed by atoms with E-state index < -0.39 is 41.5 Å². The number of amides is 4. The first-order valence-corrected chi connectivity index (χ1v) is 16.7. The molecular weight excluding hydrogens is 590 g/mol. The van der Waals surface area contributed by atoms with Crippen LogP contribution >= 0.6 is 0 Å². The average molecular weight is 640 g/mol. The molecule has 0 aromatic heterocycles. The van der Waals surface area contributed by atoms with Crippen LogP contribution in [0.25, 0.3) is 0 Å². The minimum Gasteiger partial charge on any atom is -0.493 e. The van der Waals surface area contributed by atoms with Gasteiger partial charge in [-0.3, -0.25) is 24.1 Å². The summed E-state index contributed by atoms with van der Waals surface area (Å²) in [6.45, 7) is 8.42. The summed E-state index contributed by atoms with van der Waals surface area (Å²) in [7, 11) is 0. The van der Waals surface area contributed by atoms with Crippen LogP contribution in [0.1, 0.15) is 84.2 Å². The number of rotatable bonds is 8. The maximum absolute atomic E-state index is 14.7. The van der Waals surface area contributed by atoms with Crippen LogP contribution in [-0.4, -0.2) is 94.9 Å². The smallest absolute Gasteiger partial charge is 0.404 e. The first-order chi connectivity index (χ1) is 21.8. The molecule has 4 amide bonds. The average Bonchev–Trinajstić information content (AvgIpc) is 3.40. The number of ether oxygens (including phenoxy) is 1. The number of carbonyl (C=O) groups is 5. The second kappa shape index (κ2) is 14.0. The lowest BCUT2D eigenvalue weighted by Crippen LogP contribution is -2.66. The van der Waals surface area contributed by atoms with Gasteiger partial charge in [-0.15, -0.1) is 0 Å². The first kappa shape index (κ1) is 33.7. The predicted octanol–water partition coefficient (Wildman–Crippen LogP) is 2.86. The zero-order chi connectivity index (χ0) is 33.2. The van der Waals surface area contributed by atoms with E-state index in [4.69, 9.17) is 4.74 Å². The van der Waals surface area contributed by atoms with Crippen molar-refractivity contribution in [3.63, 3.8) is 0 Å². The van der Waals surface area contributed by atoms with Crippen molar-refractivity contribution in [2.75, 3.05) is 26.2 Å². The number of ketones is 1. The second-order valence-electron chi connectivity index (χ2n) is 14.5. The number of nitrogens with one attached hydrogen (secondary N) is 3. The van der Waals surface area contributed by atoms with Gasteiger partial charge in [-0.25, -0.2) is 4.79 Å². The molecule has 46 heavy (non-hydrogen) atoms. The van der Waals surface area contributed by atoms with Crippen LogP contribution in [0.4, 0.5) is 4.79 Å². The number of carboxylic acid groups (broad SMARTS) is 1. The SMILES string of the molecule is C[C@H](C(=O)N[C@H](C(=O)N1C[C@H]2CC(=O)CN2C[C@H]1C(=O)N[C@@H]1CCOc2ccccc21)C1CCCCC1)C(NC(=O)O)C(C)(C)C. The number of hydrogen-bond acceptors (Lipinski definition) is 7. The van der Waals surface area contributed by atoms with Gasteiger partial charge in [0.2, 0.25) is 17.7 Å². The van der Waals surface area contributed by atoms with Gasteiger partial charge in [-0.05, 0) is 30.2 Å². The molecule has 0 spiro atoms.